The van der Waals surface area contributed by atoms with Gasteiger partial charge in [0.25, 0.3) is 5.91 Å². The zero-order valence-corrected chi connectivity index (χ0v) is 10.9. The number of aromatic nitrogens is 2. The summed E-state index contributed by atoms with van der Waals surface area (Å²) in [6, 6.07) is 4.73. The van der Waals surface area contributed by atoms with Crippen LogP contribution in [0.2, 0.25) is 0 Å². The lowest BCUT2D eigenvalue weighted by atomic mass is 10.2. The van der Waals surface area contributed by atoms with Gasteiger partial charge in [-0.2, -0.15) is 5.10 Å². The minimum Gasteiger partial charge on any atom is -0.506 e. The number of nitrogens with one attached hydrogen (secondary N) is 1. The highest BCUT2D eigenvalue weighted by Gasteiger charge is 2.22. The molecule has 104 valence electrons. The van der Waals surface area contributed by atoms with Crippen LogP contribution >= 0.6 is 0 Å². The Labute approximate surface area is 114 Å². The maximum Gasteiger partial charge on any atom is 0.339 e. The second-order valence-corrected chi connectivity index (χ2v) is 4.31. The van der Waals surface area contributed by atoms with Crippen molar-refractivity contribution in [1.82, 2.24) is 9.78 Å². The summed E-state index contributed by atoms with van der Waals surface area (Å²) in [4.78, 5) is 23.2. The Hall–Kier alpha value is -2.83. The van der Waals surface area contributed by atoms with E-state index in [0.717, 1.165) is 11.8 Å². The van der Waals surface area contributed by atoms with Crippen LogP contribution in [0.5, 0.6) is 5.75 Å². The van der Waals surface area contributed by atoms with Crippen molar-refractivity contribution < 1.29 is 19.8 Å². The number of hydrogen-bond acceptors (Lipinski definition) is 4. The second kappa shape index (κ2) is 5.04. The van der Waals surface area contributed by atoms with Crippen molar-refractivity contribution in [3.63, 3.8) is 0 Å². The number of aromatic hydroxyl groups is 1. The third-order valence-corrected chi connectivity index (χ3v) is 2.78. The number of aryl methyl sites for hydroxylation is 2. The number of hydrogen-bond donors (Lipinski definition) is 3. The SMILES string of the molecule is Cc1ccc(O)c(NC(=O)c2c(C(=O)O)cnn2C)c1. The summed E-state index contributed by atoms with van der Waals surface area (Å²) in [5.41, 5.74) is 0.782. The maximum atomic E-state index is 12.1. The zero-order chi connectivity index (χ0) is 14.9. The largest absolute Gasteiger partial charge is 0.506 e. The molecule has 0 aliphatic heterocycles. The molecular formula is C13H13N3O4. The summed E-state index contributed by atoms with van der Waals surface area (Å²) in [5.74, 6) is -1.98. The van der Waals surface area contributed by atoms with E-state index in [4.69, 9.17) is 5.11 Å². The highest BCUT2D eigenvalue weighted by atomic mass is 16.4. The van der Waals surface area contributed by atoms with Gasteiger partial charge in [0.15, 0.2) is 0 Å². The first-order valence-corrected chi connectivity index (χ1v) is 5.76. The van der Waals surface area contributed by atoms with Gasteiger partial charge >= 0.3 is 5.97 Å². The Morgan fingerprint density at radius 2 is 2.05 bits per heavy atom. The van der Waals surface area contributed by atoms with Crippen molar-refractivity contribution in [2.45, 2.75) is 6.92 Å². The summed E-state index contributed by atoms with van der Waals surface area (Å²) in [7, 11) is 1.47. The van der Waals surface area contributed by atoms with E-state index in [2.05, 4.69) is 10.4 Å². The zero-order valence-electron chi connectivity index (χ0n) is 10.9. The van der Waals surface area contributed by atoms with E-state index in [-0.39, 0.29) is 22.7 Å². The van der Waals surface area contributed by atoms with E-state index < -0.39 is 11.9 Å². The number of amides is 1. The van der Waals surface area contributed by atoms with E-state index in [1.807, 2.05) is 6.92 Å². The van der Waals surface area contributed by atoms with Crippen molar-refractivity contribution in [2.75, 3.05) is 5.32 Å². The molecule has 0 bridgehead atoms. The molecule has 0 atom stereocenters. The van der Waals surface area contributed by atoms with Gasteiger partial charge in [0.2, 0.25) is 0 Å². The molecular weight excluding hydrogens is 262 g/mol. The molecule has 0 saturated heterocycles. The number of anilines is 1. The standard InChI is InChI=1S/C13H13N3O4/c1-7-3-4-10(17)9(5-7)15-12(18)11-8(13(19)20)6-14-16(11)2/h3-6,17H,1-2H3,(H,15,18)(H,19,20). The molecule has 7 nitrogen and oxygen atoms in total. The van der Waals surface area contributed by atoms with E-state index in [9.17, 15) is 14.7 Å². The van der Waals surface area contributed by atoms with Gasteiger partial charge in [0.1, 0.15) is 17.0 Å². The smallest absolute Gasteiger partial charge is 0.339 e. The Morgan fingerprint density at radius 3 is 2.70 bits per heavy atom. The highest BCUT2D eigenvalue weighted by molar-refractivity contribution is 6.09. The van der Waals surface area contributed by atoms with Crippen molar-refractivity contribution in [2.24, 2.45) is 7.05 Å². The maximum absolute atomic E-state index is 12.1. The molecule has 0 fully saturated rings. The summed E-state index contributed by atoms with van der Waals surface area (Å²) < 4.78 is 1.17. The van der Waals surface area contributed by atoms with E-state index in [0.29, 0.717) is 0 Å². The number of rotatable bonds is 3. The van der Waals surface area contributed by atoms with Crippen molar-refractivity contribution in [3.05, 3.63) is 41.2 Å². The predicted octanol–water partition coefficient (Wildman–Crippen LogP) is 1.38. The van der Waals surface area contributed by atoms with Gasteiger partial charge in [-0.3, -0.25) is 9.48 Å². The molecule has 0 aliphatic rings. The third kappa shape index (κ3) is 2.46. The first-order valence-electron chi connectivity index (χ1n) is 5.76. The molecule has 0 unspecified atom stereocenters. The fraction of sp³-hybridized carbons (Fsp3) is 0.154. The number of carboxylic acids is 1. The summed E-state index contributed by atoms with van der Waals surface area (Å²) in [6.07, 6.45) is 1.10. The number of carboxylic acid groups (broad SMARTS) is 1. The van der Waals surface area contributed by atoms with Crippen LogP contribution in [0.3, 0.4) is 0 Å². The van der Waals surface area contributed by atoms with Crippen LogP contribution < -0.4 is 5.32 Å². The number of carbonyl (C=O) groups is 2. The lowest BCUT2D eigenvalue weighted by Crippen LogP contribution is -2.19. The third-order valence-electron chi connectivity index (χ3n) is 2.78. The van der Waals surface area contributed by atoms with E-state index >= 15 is 0 Å². The van der Waals surface area contributed by atoms with Crippen LogP contribution in [-0.2, 0) is 7.05 Å². The average Bonchev–Trinajstić information content (AvgIpc) is 2.76. The molecule has 3 N–H and O–H groups in total. The summed E-state index contributed by atoms with van der Waals surface area (Å²) in [6.45, 7) is 1.81. The van der Waals surface area contributed by atoms with Crippen LogP contribution in [0, 0.1) is 6.92 Å². The molecule has 1 aromatic heterocycles. The van der Waals surface area contributed by atoms with Crippen molar-refractivity contribution in [1.29, 1.82) is 0 Å². The van der Waals surface area contributed by atoms with Crippen LogP contribution in [-0.4, -0.2) is 31.9 Å². The first kappa shape index (κ1) is 13.6. The summed E-state index contributed by atoms with van der Waals surface area (Å²) in [5, 5.41) is 24.9. The minimum absolute atomic E-state index is 0.0848. The monoisotopic (exact) mass is 275 g/mol. The molecule has 0 aliphatic carbocycles. The number of benzene rings is 1. The molecule has 1 aromatic carbocycles. The van der Waals surface area contributed by atoms with Crippen molar-refractivity contribution in [3.8, 4) is 5.75 Å². The molecule has 1 heterocycles. The normalized spacial score (nSPS) is 10.3. The van der Waals surface area contributed by atoms with Crippen LogP contribution in [0.4, 0.5) is 5.69 Å². The quantitative estimate of drug-likeness (QED) is 0.734. The molecule has 20 heavy (non-hydrogen) atoms. The lowest BCUT2D eigenvalue weighted by Gasteiger charge is -2.09. The van der Waals surface area contributed by atoms with E-state index in [1.165, 1.54) is 17.8 Å². The van der Waals surface area contributed by atoms with Gasteiger partial charge in [0.05, 0.1) is 11.9 Å². The minimum atomic E-state index is -1.24. The van der Waals surface area contributed by atoms with Gasteiger partial charge in [0, 0.05) is 7.05 Å². The molecule has 2 aromatic rings. The van der Waals surface area contributed by atoms with Crippen LogP contribution in [0.15, 0.2) is 24.4 Å². The molecule has 1 amide bonds. The number of phenols is 1. The van der Waals surface area contributed by atoms with Gasteiger partial charge in [-0.25, -0.2) is 4.79 Å². The Kier molecular flexibility index (Phi) is 3.43. The average molecular weight is 275 g/mol. The van der Waals surface area contributed by atoms with Crippen LogP contribution in [0.1, 0.15) is 26.4 Å². The Bertz CT molecular complexity index is 691. The highest BCUT2D eigenvalue weighted by Crippen LogP contribution is 2.24. The molecule has 0 saturated carbocycles. The van der Waals surface area contributed by atoms with Crippen molar-refractivity contribution >= 4 is 17.6 Å². The molecule has 7 heteroatoms. The van der Waals surface area contributed by atoms with Crippen LogP contribution in [0.25, 0.3) is 0 Å². The second-order valence-electron chi connectivity index (χ2n) is 4.31. The number of aromatic carboxylic acids is 1. The summed E-state index contributed by atoms with van der Waals surface area (Å²) >= 11 is 0. The topological polar surface area (TPSA) is 104 Å². The van der Waals surface area contributed by atoms with Gasteiger partial charge in [-0.15, -0.1) is 0 Å². The lowest BCUT2D eigenvalue weighted by molar-refractivity contribution is 0.0692. The fourth-order valence-corrected chi connectivity index (χ4v) is 1.79. The molecule has 0 radical (unpaired) electrons. The molecule has 0 spiro atoms. The van der Waals surface area contributed by atoms with E-state index in [1.54, 1.807) is 12.1 Å². The van der Waals surface area contributed by atoms with Gasteiger partial charge < -0.3 is 15.5 Å². The fourth-order valence-electron chi connectivity index (χ4n) is 1.79. The Balaban J connectivity index is 2.36. The number of nitrogens with zero attached hydrogens (tertiary/aromatic N) is 2. The number of phenolic OH excluding ortho intramolecular Hbond substituents is 1. The predicted molar refractivity (Wildman–Crippen MR) is 71.0 cm³/mol. The van der Waals surface area contributed by atoms with Gasteiger partial charge in [-0.05, 0) is 24.6 Å². The molecule has 2 rings (SSSR count). The Morgan fingerprint density at radius 1 is 1.35 bits per heavy atom. The van der Waals surface area contributed by atoms with Gasteiger partial charge in [-0.1, -0.05) is 6.07 Å². The first-order chi connectivity index (χ1) is 9.40. The number of carbonyl (C=O) groups excluding carboxylic acids is 1.